The minimum atomic E-state index is -4.27. The molecule has 0 atom stereocenters. The van der Waals surface area contributed by atoms with Crippen molar-refractivity contribution >= 4 is 21.6 Å². The first kappa shape index (κ1) is 17.8. The molecule has 0 spiro atoms. The van der Waals surface area contributed by atoms with Crippen molar-refractivity contribution < 1.29 is 21.6 Å². The van der Waals surface area contributed by atoms with Gasteiger partial charge < -0.3 is 5.32 Å². The van der Waals surface area contributed by atoms with E-state index in [0.717, 1.165) is 0 Å². The molecule has 0 bridgehead atoms. The molecule has 4 nitrogen and oxygen atoms in total. The normalized spacial score (nSPS) is 12.1. The summed E-state index contributed by atoms with van der Waals surface area (Å²) < 4.78 is 59.5. The van der Waals surface area contributed by atoms with Gasteiger partial charge in [-0.1, -0.05) is 6.07 Å². The number of hydrogen-bond donors (Lipinski definition) is 1. The molecule has 0 unspecified atom stereocenters. The van der Waals surface area contributed by atoms with Gasteiger partial charge in [-0.15, -0.1) is 0 Å². The van der Waals surface area contributed by atoms with Gasteiger partial charge in [-0.25, -0.2) is 8.42 Å². The second kappa shape index (κ2) is 7.68. The Labute approximate surface area is 125 Å². The molecule has 9 heteroatoms. The molecule has 1 aromatic rings. The van der Waals surface area contributed by atoms with Gasteiger partial charge in [-0.3, -0.25) is 0 Å². The van der Waals surface area contributed by atoms with Crippen LogP contribution in [0.5, 0.6) is 0 Å². The third-order valence-corrected chi connectivity index (χ3v) is 4.86. The Hall–Kier alpha value is -1.24. The van der Waals surface area contributed by atoms with E-state index in [0.29, 0.717) is 0 Å². The zero-order valence-corrected chi connectivity index (χ0v) is 12.5. The summed E-state index contributed by atoms with van der Waals surface area (Å²) in [6.45, 7) is 0.120. The SMILES string of the molecule is N#Cc1cccc(S(=O)(=O)CCNCCSC(F)(F)F)c1. The summed E-state index contributed by atoms with van der Waals surface area (Å²) in [7, 11) is -3.55. The lowest BCUT2D eigenvalue weighted by atomic mass is 10.2. The zero-order chi connectivity index (χ0) is 15.9. The molecule has 0 amide bonds. The first-order chi connectivity index (χ1) is 9.74. The van der Waals surface area contributed by atoms with E-state index >= 15 is 0 Å². The number of halogens is 3. The molecular formula is C12H13F3N2O2S2. The Balaban J connectivity index is 2.42. The topological polar surface area (TPSA) is 70.0 Å². The fourth-order valence-electron chi connectivity index (χ4n) is 1.45. The van der Waals surface area contributed by atoms with E-state index in [4.69, 9.17) is 5.26 Å². The summed E-state index contributed by atoms with van der Waals surface area (Å²) in [5.74, 6) is -0.411. The lowest BCUT2D eigenvalue weighted by Gasteiger charge is -2.08. The molecule has 0 aliphatic rings. The fraction of sp³-hybridized carbons (Fsp3) is 0.417. The van der Waals surface area contributed by atoms with Gasteiger partial charge in [0.1, 0.15) is 0 Å². The maximum absolute atomic E-state index is 12.0. The number of benzene rings is 1. The van der Waals surface area contributed by atoms with Crippen LogP contribution in [0.25, 0.3) is 0 Å². The highest BCUT2D eigenvalue weighted by Gasteiger charge is 2.27. The van der Waals surface area contributed by atoms with Crippen LogP contribution in [0.1, 0.15) is 5.56 Å². The number of hydrogen-bond acceptors (Lipinski definition) is 5. The van der Waals surface area contributed by atoms with E-state index in [1.807, 2.05) is 6.07 Å². The van der Waals surface area contributed by atoms with Crippen LogP contribution in [0.2, 0.25) is 0 Å². The highest BCUT2D eigenvalue weighted by atomic mass is 32.2. The molecule has 0 heterocycles. The van der Waals surface area contributed by atoms with E-state index < -0.39 is 15.3 Å². The van der Waals surface area contributed by atoms with Crippen molar-refractivity contribution in [3.63, 3.8) is 0 Å². The second-order valence-electron chi connectivity index (χ2n) is 4.00. The largest absolute Gasteiger partial charge is 0.441 e. The van der Waals surface area contributed by atoms with Crippen LogP contribution in [0.15, 0.2) is 29.2 Å². The molecular weight excluding hydrogens is 325 g/mol. The summed E-state index contributed by atoms with van der Waals surface area (Å²) in [6, 6.07) is 7.47. The van der Waals surface area contributed by atoms with Gasteiger partial charge in [0.25, 0.3) is 0 Å². The lowest BCUT2D eigenvalue weighted by Crippen LogP contribution is -2.25. The van der Waals surface area contributed by atoms with Crippen LogP contribution < -0.4 is 5.32 Å². The van der Waals surface area contributed by atoms with Gasteiger partial charge in [0.05, 0.1) is 22.3 Å². The summed E-state index contributed by atoms with van der Waals surface area (Å²) >= 11 is -0.155. The molecule has 0 saturated carbocycles. The predicted octanol–water partition coefficient (Wildman–Crippen LogP) is 2.17. The average Bonchev–Trinajstić information content (AvgIpc) is 2.41. The van der Waals surface area contributed by atoms with E-state index in [2.05, 4.69) is 5.32 Å². The van der Waals surface area contributed by atoms with Crippen molar-refractivity contribution in [3.8, 4) is 6.07 Å². The van der Waals surface area contributed by atoms with Crippen LogP contribution in [0, 0.1) is 11.3 Å². The van der Waals surface area contributed by atoms with E-state index in [-0.39, 0.29) is 46.8 Å². The monoisotopic (exact) mass is 338 g/mol. The van der Waals surface area contributed by atoms with Crippen LogP contribution in [0.3, 0.4) is 0 Å². The van der Waals surface area contributed by atoms with Crippen molar-refractivity contribution in [1.82, 2.24) is 5.32 Å². The third kappa shape index (κ3) is 6.84. The quantitative estimate of drug-likeness (QED) is 0.772. The highest BCUT2D eigenvalue weighted by Crippen LogP contribution is 2.29. The Morgan fingerprint density at radius 3 is 2.62 bits per heavy atom. The van der Waals surface area contributed by atoms with Crippen LogP contribution >= 0.6 is 11.8 Å². The smallest absolute Gasteiger partial charge is 0.315 e. The third-order valence-electron chi connectivity index (χ3n) is 2.41. The van der Waals surface area contributed by atoms with E-state index in [9.17, 15) is 21.6 Å². The second-order valence-corrected chi connectivity index (χ2v) is 7.27. The molecule has 21 heavy (non-hydrogen) atoms. The van der Waals surface area contributed by atoms with Gasteiger partial charge in [0, 0.05) is 18.8 Å². The molecule has 0 saturated heterocycles. The Bertz CT molecular complexity index is 610. The molecule has 0 aliphatic heterocycles. The molecule has 0 radical (unpaired) electrons. The summed E-state index contributed by atoms with van der Waals surface area (Å²) in [4.78, 5) is 0.0352. The van der Waals surface area contributed by atoms with E-state index in [1.54, 1.807) is 0 Å². The standard InChI is InChI=1S/C12H13F3N2O2S2/c13-12(14,15)20-6-4-17-5-7-21(18,19)11-3-1-2-10(8-11)9-16/h1-3,8,17H,4-7H2. The Morgan fingerprint density at radius 2 is 2.00 bits per heavy atom. The van der Waals surface area contributed by atoms with Crippen molar-refractivity contribution in [3.05, 3.63) is 29.8 Å². The number of nitriles is 1. The molecule has 0 aliphatic carbocycles. The van der Waals surface area contributed by atoms with Gasteiger partial charge in [0.2, 0.25) is 0 Å². The Kier molecular flexibility index (Phi) is 6.51. The van der Waals surface area contributed by atoms with Crippen molar-refractivity contribution in [1.29, 1.82) is 5.26 Å². The number of thioether (sulfide) groups is 1. The number of rotatable bonds is 7. The minimum Gasteiger partial charge on any atom is -0.315 e. The van der Waals surface area contributed by atoms with Crippen molar-refractivity contribution in [2.75, 3.05) is 24.6 Å². The van der Waals surface area contributed by atoms with Gasteiger partial charge >= 0.3 is 5.51 Å². The first-order valence-corrected chi connectivity index (χ1v) is 8.53. The summed E-state index contributed by atoms with van der Waals surface area (Å²) in [5.41, 5.74) is -4.03. The number of nitrogens with one attached hydrogen (secondary N) is 1. The zero-order valence-electron chi connectivity index (χ0n) is 10.9. The molecule has 0 aromatic heterocycles. The summed E-state index contributed by atoms with van der Waals surface area (Å²) in [5, 5.41) is 11.4. The summed E-state index contributed by atoms with van der Waals surface area (Å²) in [6.07, 6.45) is 0. The molecule has 1 aromatic carbocycles. The van der Waals surface area contributed by atoms with Gasteiger partial charge in [0.15, 0.2) is 9.84 Å². The maximum atomic E-state index is 12.0. The Morgan fingerprint density at radius 1 is 1.29 bits per heavy atom. The average molecular weight is 338 g/mol. The van der Waals surface area contributed by atoms with Gasteiger partial charge in [-0.2, -0.15) is 18.4 Å². The van der Waals surface area contributed by atoms with E-state index in [1.165, 1.54) is 24.3 Å². The minimum absolute atomic E-state index is 0.0352. The maximum Gasteiger partial charge on any atom is 0.441 e. The van der Waals surface area contributed by atoms with Crippen molar-refractivity contribution in [2.24, 2.45) is 0 Å². The number of alkyl halides is 3. The van der Waals surface area contributed by atoms with Gasteiger partial charge in [-0.05, 0) is 30.0 Å². The molecule has 0 fully saturated rings. The van der Waals surface area contributed by atoms with Crippen LogP contribution in [0.4, 0.5) is 13.2 Å². The molecule has 116 valence electrons. The number of nitrogens with zero attached hydrogens (tertiary/aromatic N) is 1. The van der Waals surface area contributed by atoms with Crippen LogP contribution in [-0.2, 0) is 9.84 Å². The highest BCUT2D eigenvalue weighted by molar-refractivity contribution is 8.00. The number of sulfone groups is 1. The van der Waals surface area contributed by atoms with Crippen LogP contribution in [-0.4, -0.2) is 38.5 Å². The first-order valence-electron chi connectivity index (χ1n) is 5.89. The molecule has 1 rings (SSSR count). The molecule has 1 N–H and O–H groups in total. The fourth-order valence-corrected chi connectivity index (χ4v) is 3.17. The lowest BCUT2D eigenvalue weighted by molar-refractivity contribution is -0.0327. The van der Waals surface area contributed by atoms with Crippen molar-refractivity contribution in [2.45, 2.75) is 10.4 Å². The predicted molar refractivity (Wildman–Crippen MR) is 74.6 cm³/mol.